The van der Waals surface area contributed by atoms with Crippen LogP contribution in [0.15, 0.2) is 4.99 Å². The molecule has 6 heteroatoms. The van der Waals surface area contributed by atoms with Crippen LogP contribution in [0.5, 0.6) is 0 Å². The Balaban J connectivity index is 0.00000208. The van der Waals surface area contributed by atoms with Crippen molar-refractivity contribution >= 4 is 29.9 Å². The van der Waals surface area contributed by atoms with Crippen LogP contribution in [0.25, 0.3) is 0 Å². The fourth-order valence-electron chi connectivity index (χ4n) is 4.53. The molecule has 3 N–H and O–H groups in total. The van der Waals surface area contributed by atoms with Gasteiger partial charge in [-0.15, -0.1) is 24.0 Å². The van der Waals surface area contributed by atoms with E-state index in [2.05, 4.69) is 20.5 Å². The van der Waals surface area contributed by atoms with Crippen molar-refractivity contribution in [2.45, 2.75) is 81.9 Å². The first-order valence-electron chi connectivity index (χ1n) is 9.62. The Bertz CT molecular complexity index is 406. The average Bonchev–Trinajstić information content (AvgIpc) is 3.23. The van der Waals surface area contributed by atoms with Gasteiger partial charge in [-0.1, -0.05) is 32.1 Å². The quantitative estimate of drug-likeness (QED) is 0.350. The Kier molecular flexibility index (Phi) is 8.07. The molecule has 24 heavy (non-hydrogen) atoms. The standard InChI is InChI=1S/C18H34N4O.HI/c1-19-17(20-14-18(23)10-5-2-6-11-18)21-15-9-12-22(13-15)16-7-3-4-8-16;/h15-16,23H,2-14H2,1H3,(H2,19,20,21);1H. The van der Waals surface area contributed by atoms with Gasteiger partial charge in [0.1, 0.15) is 0 Å². The van der Waals surface area contributed by atoms with Gasteiger partial charge in [0.05, 0.1) is 5.60 Å². The highest BCUT2D eigenvalue weighted by Gasteiger charge is 2.31. The molecular formula is C18H35IN4O. The average molecular weight is 450 g/mol. The maximum atomic E-state index is 10.6. The molecule has 3 aliphatic rings. The monoisotopic (exact) mass is 450 g/mol. The van der Waals surface area contributed by atoms with Crippen molar-refractivity contribution in [1.29, 1.82) is 0 Å². The highest BCUT2D eigenvalue weighted by molar-refractivity contribution is 14.0. The van der Waals surface area contributed by atoms with E-state index in [4.69, 9.17) is 0 Å². The SMILES string of the molecule is CN=C(NCC1(O)CCCCC1)NC1CCN(C2CCCC2)C1.I. The molecule has 0 aromatic heterocycles. The molecule has 1 heterocycles. The van der Waals surface area contributed by atoms with Crippen LogP contribution < -0.4 is 10.6 Å². The van der Waals surface area contributed by atoms with Crippen LogP contribution in [-0.2, 0) is 0 Å². The van der Waals surface area contributed by atoms with E-state index in [0.717, 1.165) is 44.2 Å². The number of hydrogen-bond donors (Lipinski definition) is 3. The molecule has 0 spiro atoms. The van der Waals surface area contributed by atoms with Crippen molar-refractivity contribution < 1.29 is 5.11 Å². The van der Waals surface area contributed by atoms with Gasteiger partial charge < -0.3 is 15.7 Å². The van der Waals surface area contributed by atoms with Crippen molar-refractivity contribution in [3.05, 3.63) is 0 Å². The molecule has 5 nitrogen and oxygen atoms in total. The number of hydrogen-bond acceptors (Lipinski definition) is 3. The molecule has 0 aromatic rings. The smallest absolute Gasteiger partial charge is 0.191 e. The summed E-state index contributed by atoms with van der Waals surface area (Å²) in [6, 6.07) is 1.31. The van der Waals surface area contributed by atoms with Crippen molar-refractivity contribution in [3.63, 3.8) is 0 Å². The molecule has 0 aromatic carbocycles. The maximum absolute atomic E-state index is 10.6. The first-order chi connectivity index (χ1) is 11.2. The second kappa shape index (κ2) is 9.57. The lowest BCUT2D eigenvalue weighted by Crippen LogP contribution is -2.50. The Morgan fingerprint density at radius 3 is 2.50 bits per heavy atom. The number of nitrogens with one attached hydrogen (secondary N) is 2. The van der Waals surface area contributed by atoms with Gasteiger partial charge in [0.15, 0.2) is 5.96 Å². The minimum Gasteiger partial charge on any atom is -0.388 e. The van der Waals surface area contributed by atoms with Crippen LogP contribution in [0.2, 0.25) is 0 Å². The molecule has 1 saturated heterocycles. The summed E-state index contributed by atoms with van der Waals surface area (Å²) in [7, 11) is 1.82. The number of halogens is 1. The third-order valence-electron chi connectivity index (χ3n) is 5.99. The van der Waals surface area contributed by atoms with E-state index in [0.29, 0.717) is 12.6 Å². The van der Waals surface area contributed by atoms with Gasteiger partial charge in [-0.2, -0.15) is 0 Å². The molecule has 3 rings (SSSR count). The molecule has 1 aliphatic heterocycles. The number of rotatable bonds is 4. The predicted octanol–water partition coefficient (Wildman–Crippen LogP) is 2.48. The minimum atomic E-state index is -0.540. The molecule has 1 atom stereocenters. The van der Waals surface area contributed by atoms with Crippen LogP contribution in [0.1, 0.15) is 64.2 Å². The van der Waals surface area contributed by atoms with E-state index < -0.39 is 5.60 Å². The van der Waals surface area contributed by atoms with Crippen LogP contribution >= 0.6 is 24.0 Å². The molecule has 140 valence electrons. The van der Waals surface area contributed by atoms with Gasteiger partial charge in [0.2, 0.25) is 0 Å². The lowest BCUT2D eigenvalue weighted by Gasteiger charge is -2.33. The van der Waals surface area contributed by atoms with E-state index in [-0.39, 0.29) is 24.0 Å². The van der Waals surface area contributed by atoms with Crippen LogP contribution in [0, 0.1) is 0 Å². The zero-order valence-electron chi connectivity index (χ0n) is 15.1. The van der Waals surface area contributed by atoms with Gasteiger partial charge in [0.25, 0.3) is 0 Å². The van der Waals surface area contributed by atoms with Gasteiger partial charge >= 0.3 is 0 Å². The summed E-state index contributed by atoms with van der Waals surface area (Å²) < 4.78 is 0. The molecule has 2 aliphatic carbocycles. The summed E-state index contributed by atoms with van der Waals surface area (Å²) in [5.41, 5.74) is -0.540. The number of nitrogens with zero attached hydrogens (tertiary/aromatic N) is 2. The first kappa shape index (κ1) is 20.2. The van der Waals surface area contributed by atoms with Crippen LogP contribution in [0.4, 0.5) is 0 Å². The van der Waals surface area contributed by atoms with Crippen molar-refractivity contribution in [2.24, 2.45) is 4.99 Å². The Labute approximate surface area is 164 Å². The summed E-state index contributed by atoms with van der Waals surface area (Å²) in [5, 5.41) is 17.5. The lowest BCUT2D eigenvalue weighted by atomic mass is 9.85. The van der Waals surface area contributed by atoms with Gasteiger partial charge in [-0.25, -0.2) is 0 Å². The summed E-state index contributed by atoms with van der Waals surface area (Å²) >= 11 is 0. The second-order valence-corrected chi connectivity index (χ2v) is 7.77. The zero-order chi connectivity index (χ0) is 16.1. The highest BCUT2D eigenvalue weighted by Crippen LogP contribution is 2.28. The third-order valence-corrected chi connectivity index (χ3v) is 5.99. The molecule has 2 saturated carbocycles. The molecule has 0 amide bonds. The first-order valence-corrected chi connectivity index (χ1v) is 9.62. The van der Waals surface area contributed by atoms with Crippen molar-refractivity contribution in [1.82, 2.24) is 15.5 Å². The topological polar surface area (TPSA) is 59.9 Å². The Hall–Kier alpha value is -0.0800. The van der Waals surface area contributed by atoms with Gasteiger partial charge in [0, 0.05) is 38.8 Å². The van der Waals surface area contributed by atoms with E-state index in [9.17, 15) is 5.11 Å². The van der Waals surface area contributed by atoms with Crippen LogP contribution in [-0.4, -0.2) is 60.3 Å². The number of likely N-dealkylation sites (tertiary alicyclic amines) is 1. The largest absolute Gasteiger partial charge is 0.388 e. The summed E-state index contributed by atoms with van der Waals surface area (Å²) in [4.78, 5) is 7.01. The second-order valence-electron chi connectivity index (χ2n) is 7.77. The van der Waals surface area contributed by atoms with E-state index in [1.807, 2.05) is 7.05 Å². The van der Waals surface area contributed by atoms with Crippen molar-refractivity contribution in [3.8, 4) is 0 Å². The van der Waals surface area contributed by atoms with Crippen LogP contribution in [0.3, 0.4) is 0 Å². The molecule has 1 unspecified atom stereocenters. The highest BCUT2D eigenvalue weighted by atomic mass is 127. The molecule has 0 bridgehead atoms. The fraction of sp³-hybridized carbons (Fsp3) is 0.944. The number of guanidine groups is 1. The summed E-state index contributed by atoms with van der Waals surface area (Å²) in [6.45, 7) is 2.96. The fourth-order valence-corrected chi connectivity index (χ4v) is 4.53. The third kappa shape index (κ3) is 5.46. The molecule has 0 radical (unpaired) electrons. The van der Waals surface area contributed by atoms with Gasteiger partial charge in [-0.05, 0) is 32.1 Å². The summed E-state index contributed by atoms with van der Waals surface area (Å²) in [6.07, 6.45) is 12.1. The number of aliphatic hydroxyl groups is 1. The van der Waals surface area contributed by atoms with E-state index >= 15 is 0 Å². The summed E-state index contributed by atoms with van der Waals surface area (Å²) in [5.74, 6) is 0.849. The van der Waals surface area contributed by atoms with Gasteiger partial charge in [-0.3, -0.25) is 9.89 Å². The Morgan fingerprint density at radius 2 is 1.83 bits per heavy atom. The molecule has 3 fully saturated rings. The van der Waals surface area contributed by atoms with E-state index in [1.54, 1.807) is 0 Å². The Morgan fingerprint density at radius 1 is 1.12 bits per heavy atom. The molecular weight excluding hydrogens is 415 g/mol. The van der Waals surface area contributed by atoms with E-state index in [1.165, 1.54) is 45.1 Å². The zero-order valence-corrected chi connectivity index (χ0v) is 17.4. The normalized spacial score (nSPS) is 28.6. The lowest BCUT2D eigenvalue weighted by molar-refractivity contribution is 0.00856. The minimum absolute atomic E-state index is 0. The van der Waals surface area contributed by atoms with Crippen molar-refractivity contribution in [2.75, 3.05) is 26.7 Å². The number of aliphatic imine (C=N–C) groups is 1. The predicted molar refractivity (Wildman–Crippen MR) is 110 cm³/mol. The maximum Gasteiger partial charge on any atom is 0.191 e.